The fourth-order valence-electron chi connectivity index (χ4n) is 1.45. The van der Waals surface area contributed by atoms with Gasteiger partial charge >= 0.3 is 0 Å². The minimum Gasteiger partial charge on any atom is -0.364 e. The van der Waals surface area contributed by atoms with Gasteiger partial charge in [0.05, 0.1) is 5.69 Å². The summed E-state index contributed by atoms with van der Waals surface area (Å²) in [4.78, 5) is 0. The number of nitrogens with zero attached hydrogens (tertiary/aromatic N) is 1. The van der Waals surface area contributed by atoms with Gasteiger partial charge in [0.25, 0.3) is 0 Å². The molecule has 0 unspecified atom stereocenters. The molecular formula is C12H13ClN2O. The summed E-state index contributed by atoms with van der Waals surface area (Å²) in [7, 11) is 0. The Balaban J connectivity index is 1.90. The molecule has 0 atom stereocenters. The Labute approximate surface area is 99.4 Å². The van der Waals surface area contributed by atoms with Crippen molar-refractivity contribution < 1.29 is 4.52 Å². The van der Waals surface area contributed by atoms with Crippen LogP contribution < -0.4 is 5.32 Å². The van der Waals surface area contributed by atoms with E-state index in [1.54, 1.807) is 6.26 Å². The van der Waals surface area contributed by atoms with E-state index in [-0.39, 0.29) is 0 Å². The third-order valence-electron chi connectivity index (χ3n) is 2.32. The van der Waals surface area contributed by atoms with E-state index in [9.17, 15) is 0 Å². The molecule has 0 fully saturated rings. The van der Waals surface area contributed by atoms with Crippen molar-refractivity contribution in [3.8, 4) is 0 Å². The Morgan fingerprint density at radius 1 is 1.31 bits per heavy atom. The summed E-state index contributed by atoms with van der Waals surface area (Å²) < 4.78 is 4.74. The number of hydrogen-bond acceptors (Lipinski definition) is 3. The molecule has 0 spiro atoms. The number of benzene rings is 1. The highest BCUT2D eigenvalue weighted by Crippen LogP contribution is 2.17. The topological polar surface area (TPSA) is 38.1 Å². The van der Waals surface area contributed by atoms with E-state index in [0.29, 0.717) is 6.54 Å². The van der Waals surface area contributed by atoms with Crippen LogP contribution in [-0.2, 0) is 13.1 Å². The van der Waals surface area contributed by atoms with Crippen LogP contribution in [0.3, 0.4) is 0 Å². The van der Waals surface area contributed by atoms with Gasteiger partial charge in [-0.3, -0.25) is 0 Å². The average molecular weight is 237 g/mol. The Morgan fingerprint density at radius 3 is 2.88 bits per heavy atom. The van der Waals surface area contributed by atoms with Crippen LogP contribution in [0.5, 0.6) is 0 Å². The highest BCUT2D eigenvalue weighted by atomic mass is 35.5. The molecule has 4 heteroatoms. The molecule has 0 amide bonds. The summed E-state index contributed by atoms with van der Waals surface area (Å²) in [5.74, 6) is 0. The van der Waals surface area contributed by atoms with Crippen molar-refractivity contribution in [2.24, 2.45) is 0 Å². The molecule has 3 nitrogen and oxygen atoms in total. The summed E-state index contributed by atoms with van der Waals surface area (Å²) in [5, 5.41) is 7.87. The highest BCUT2D eigenvalue weighted by Gasteiger charge is 2.01. The lowest BCUT2D eigenvalue weighted by Gasteiger charge is -2.05. The summed E-state index contributed by atoms with van der Waals surface area (Å²) in [6, 6.07) is 7.89. The molecule has 1 aromatic carbocycles. The molecule has 1 N–H and O–H groups in total. The van der Waals surface area contributed by atoms with Crippen molar-refractivity contribution in [1.29, 1.82) is 0 Å². The molecule has 0 aliphatic heterocycles. The Kier molecular flexibility index (Phi) is 3.59. The summed E-state index contributed by atoms with van der Waals surface area (Å²) >= 11 is 6.12. The molecule has 1 heterocycles. The molecule has 0 bridgehead atoms. The van der Waals surface area contributed by atoms with Crippen molar-refractivity contribution in [1.82, 2.24) is 10.5 Å². The molecular weight excluding hydrogens is 224 g/mol. The molecule has 84 valence electrons. The highest BCUT2D eigenvalue weighted by molar-refractivity contribution is 6.31. The van der Waals surface area contributed by atoms with E-state index in [1.165, 1.54) is 5.56 Å². The lowest BCUT2D eigenvalue weighted by Crippen LogP contribution is -2.13. The van der Waals surface area contributed by atoms with Crippen LogP contribution in [0.15, 0.2) is 35.1 Å². The summed E-state index contributed by atoms with van der Waals surface area (Å²) in [6.07, 6.45) is 1.57. The maximum atomic E-state index is 6.12. The normalized spacial score (nSPS) is 10.6. The van der Waals surface area contributed by atoms with Gasteiger partial charge in [-0.05, 0) is 24.1 Å². The first-order valence-electron chi connectivity index (χ1n) is 5.11. The number of halogens is 1. The zero-order chi connectivity index (χ0) is 11.4. The second kappa shape index (κ2) is 5.14. The van der Waals surface area contributed by atoms with Crippen molar-refractivity contribution in [3.05, 3.63) is 52.4 Å². The quantitative estimate of drug-likeness (QED) is 0.887. The van der Waals surface area contributed by atoms with E-state index in [2.05, 4.69) is 16.5 Å². The number of rotatable bonds is 4. The molecule has 0 aliphatic carbocycles. The first kappa shape index (κ1) is 11.2. The summed E-state index contributed by atoms with van der Waals surface area (Å²) in [5.41, 5.74) is 3.16. The first-order valence-corrected chi connectivity index (χ1v) is 5.48. The van der Waals surface area contributed by atoms with Crippen molar-refractivity contribution >= 4 is 11.6 Å². The Bertz CT molecular complexity index is 454. The van der Waals surface area contributed by atoms with Gasteiger partial charge in [-0.25, -0.2) is 0 Å². The van der Waals surface area contributed by atoms with Gasteiger partial charge in [0.1, 0.15) is 6.26 Å². The smallest absolute Gasteiger partial charge is 0.124 e. The third-order valence-corrected chi connectivity index (χ3v) is 2.67. The Morgan fingerprint density at radius 2 is 2.19 bits per heavy atom. The third kappa shape index (κ3) is 2.84. The molecule has 2 aromatic rings. The second-order valence-electron chi connectivity index (χ2n) is 3.69. The van der Waals surface area contributed by atoms with Crippen LogP contribution in [-0.4, -0.2) is 5.16 Å². The maximum absolute atomic E-state index is 6.12. The van der Waals surface area contributed by atoms with E-state index in [1.807, 2.05) is 25.1 Å². The van der Waals surface area contributed by atoms with Crippen LogP contribution in [0.1, 0.15) is 16.8 Å². The van der Waals surface area contributed by atoms with E-state index < -0.39 is 0 Å². The lowest BCUT2D eigenvalue weighted by molar-refractivity contribution is 0.408. The van der Waals surface area contributed by atoms with Crippen LogP contribution in [0.25, 0.3) is 0 Å². The molecule has 1 aromatic heterocycles. The van der Waals surface area contributed by atoms with Crippen LogP contribution in [0.4, 0.5) is 0 Å². The SMILES string of the molecule is Cc1ccc(CNCc2ccon2)c(Cl)c1. The number of aromatic nitrogens is 1. The van der Waals surface area contributed by atoms with Crippen LogP contribution in [0, 0.1) is 6.92 Å². The zero-order valence-electron chi connectivity index (χ0n) is 9.03. The first-order chi connectivity index (χ1) is 7.75. The monoisotopic (exact) mass is 236 g/mol. The number of nitrogens with one attached hydrogen (secondary N) is 1. The lowest BCUT2D eigenvalue weighted by atomic mass is 10.1. The fourth-order valence-corrected chi connectivity index (χ4v) is 1.75. The van der Waals surface area contributed by atoms with Crippen molar-refractivity contribution in [2.75, 3.05) is 0 Å². The molecule has 16 heavy (non-hydrogen) atoms. The largest absolute Gasteiger partial charge is 0.364 e. The van der Waals surface area contributed by atoms with Gasteiger partial charge in [0.15, 0.2) is 0 Å². The molecule has 0 aliphatic rings. The maximum Gasteiger partial charge on any atom is 0.124 e. The molecule has 0 saturated carbocycles. The number of aryl methyl sites for hydroxylation is 1. The summed E-state index contributed by atoms with van der Waals surface area (Å²) in [6.45, 7) is 3.44. The van der Waals surface area contributed by atoms with Gasteiger partial charge in [0, 0.05) is 24.2 Å². The van der Waals surface area contributed by atoms with E-state index in [0.717, 1.165) is 22.8 Å². The van der Waals surface area contributed by atoms with E-state index in [4.69, 9.17) is 16.1 Å². The zero-order valence-corrected chi connectivity index (χ0v) is 9.79. The van der Waals surface area contributed by atoms with E-state index >= 15 is 0 Å². The predicted molar refractivity (Wildman–Crippen MR) is 63.2 cm³/mol. The fraction of sp³-hybridized carbons (Fsp3) is 0.250. The second-order valence-corrected chi connectivity index (χ2v) is 4.10. The van der Waals surface area contributed by atoms with Gasteiger partial charge in [-0.2, -0.15) is 0 Å². The van der Waals surface area contributed by atoms with Crippen molar-refractivity contribution in [2.45, 2.75) is 20.0 Å². The Hall–Kier alpha value is -1.32. The minimum atomic E-state index is 0.681. The molecule has 0 radical (unpaired) electrons. The molecule has 0 saturated heterocycles. The van der Waals surface area contributed by atoms with Crippen LogP contribution >= 0.6 is 11.6 Å². The van der Waals surface area contributed by atoms with Crippen molar-refractivity contribution in [3.63, 3.8) is 0 Å². The van der Waals surface area contributed by atoms with Gasteiger partial charge in [-0.15, -0.1) is 0 Å². The average Bonchev–Trinajstić information content (AvgIpc) is 2.74. The van der Waals surface area contributed by atoms with Gasteiger partial charge < -0.3 is 9.84 Å². The number of hydrogen-bond donors (Lipinski definition) is 1. The molecule has 2 rings (SSSR count). The minimum absolute atomic E-state index is 0.681. The van der Waals surface area contributed by atoms with Crippen LogP contribution in [0.2, 0.25) is 5.02 Å². The standard InChI is InChI=1S/C12H13ClN2O/c1-9-2-3-10(12(13)6-9)7-14-8-11-4-5-16-15-11/h2-6,14H,7-8H2,1H3. The van der Waals surface area contributed by atoms with Gasteiger partial charge in [0.2, 0.25) is 0 Å². The predicted octanol–water partition coefficient (Wildman–Crippen LogP) is 2.93. The van der Waals surface area contributed by atoms with Gasteiger partial charge in [-0.1, -0.05) is 28.9 Å².